The number of rotatable bonds is 5. The molecule has 0 aromatic carbocycles. The molecule has 24 heavy (non-hydrogen) atoms. The molecule has 0 aliphatic carbocycles. The van der Waals surface area contributed by atoms with Crippen LogP contribution in [0, 0.1) is 11.8 Å². The van der Waals surface area contributed by atoms with E-state index in [0.29, 0.717) is 6.42 Å². The molecule has 0 bridgehead atoms. The van der Waals surface area contributed by atoms with Crippen molar-refractivity contribution in [2.75, 3.05) is 7.05 Å². The van der Waals surface area contributed by atoms with Gasteiger partial charge in [-0.3, -0.25) is 14.5 Å². The zero-order valence-electron chi connectivity index (χ0n) is 16.9. The molecule has 1 fully saturated rings. The fourth-order valence-corrected chi connectivity index (χ4v) is 2.21. The Morgan fingerprint density at radius 3 is 1.83 bits per heavy atom. The summed E-state index contributed by atoms with van der Waals surface area (Å²) in [5.74, 6) is 0.170. The van der Waals surface area contributed by atoms with Gasteiger partial charge in [0.15, 0.2) is 0 Å². The zero-order chi connectivity index (χ0) is 19.1. The van der Waals surface area contributed by atoms with Gasteiger partial charge in [-0.05, 0) is 45.7 Å². The first kappa shape index (κ1) is 24.7. The minimum atomic E-state index is -0.0881. The molecule has 4 nitrogen and oxygen atoms in total. The summed E-state index contributed by atoms with van der Waals surface area (Å²) in [6.45, 7) is 14.0. The first-order valence-electron chi connectivity index (χ1n) is 9.07. The lowest BCUT2D eigenvalue weighted by molar-refractivity contribution is -0.141. The van der Waals surface area contributed by atoms with Crippen LogP contribution in [0.4, 0.5) is 0 Å². The monoisotopic (exact) mass is 338 g/mol. The van der Waals surface area contributed by atoms with Gasteiger partial charge in [-0.15, -0.1) is 0 Å². The van der Waals surface area contributed by atoms with E-state index < -0.39 is 0 Å². The van der Waals surface area contributed by atoms with Crippen molar-refractivity contribution in [2.24, 2.45) is 11.8 Å². The normalized spacial score (nSPS) is 17.4. The molecule has 1 saturated heterocycles. The molecule has 140 valence electrons. The standard InChI is InChI=1S/C10H17NO2.C5H11N.C5H10/c1-6(2)8-5-9(12)11(7(3)4)10(8)13;1-3-4-5-6-2;1-3-5-4-2/h6-8H,5H2,1-4H3;4-6H,3H2,1-2H3;3,5H,4H2,1-2H3. The van der Waals surface area contributed by atoms with Crippen LogP contribution in [0.25, 0.3) is 0 Å². The fourth-order valence-electron chi connectivity index (χ4n) is 2.21. The highest BCUT2D eigenvalue weighted by Crippen LogP contribution is 2.27. The van der Waals surface area contributed by atoms with Crippen LogP contribution in [0.5, 0.6) is 0 Å². The molecule has 0 aromatic rings. The van der Waals surface area contributed by atoms with Crippen LogP contribution in [-0.2, 0) is 9.59 Å². The van der Waals surface area contributed by atoms with Crippen LogP contribution in [0.3, 0.4) is 0 Å². The second-order valence-electron chi connectivity index (χ2n) is 6.33. The van der Waals surface area contributed by atoms with E-state index in [1.165, 1.54) is 4.90 Å². The van der Waals surface area contributed by atoms with Crippen molar-refractivity contribution in [1.29, 1.82) is 0 Å². The van der Waals surface area contributed by atoms with Crippen molar-refractivity contribution in [3.63, 3.8) is 0 Å². The van der Waals surface area contributed by atoms with Crippen LogP contribution in [-0.4, -0.2) is 29.8 Å². The van der Waals surface area contributed by atoms with Gasteiger partial charge in [-0.25, -0.2) is 0 Å². The lowest BCUT2D eigenvalue weighted by Gasteiger charge is -2.19. The van der Waals surface area contributed by atoms with Gasteiger partial charge < -0.3 is 5.32 Å². The molecule has 0 aromatic heterocycles. The van der Waals surface area contributed by atoms with Gasteiger partial charge >= 0.3 is 0 Å². The first-order chi connectivity index (χ1) is 11.3. The van der Waals surface area contributed by atoms with E-state index in [2.05, 4.69) is 37.4 Å². The molecule has 1 heterocycles. The van der Waals surface area contributed by atoms with E-state index in [1.807, 2.05) is 47.9 Å². The van der Waals surface area contributed by atoms with Gasteiger partial charge in [0.2, 0.25) is 11.8 Å². The molecule has 4 heteroatoms. The quantitative estimate of drug-likeness (QED) is 0.592. The van der Waals surface area contributed by atoms with E-state index in [1.54, 1.807) is 0 Å². The van der Waals surface area contributed by atoms with Crippen LogP contribution >= 0.6 is 0 Å². The Hall–Kier alpha value is -1.58. The molecule has 1 aliphatic heterocycles. The average molecular weight is 339 g/mol. The molecule has 0 saturated carbocycles. The minimum absolute atomic E-state index is 0.00347. The number of nitrogens with zero attached hydrogens (tertiary/aromatic N) is 1. The van der Waals surface area contributed by atoms with Gasteiger partial charge in [-0.1, -0.05) is 45.9 Å². The Kier molecular flexibility index (Phi) is 15.4. The molecule has 2 amide bonds. The first-order valence-corrected chi connectivity index (χ1v) is 9.07. The topological polar surface area (TPSA) is 49.4 Å². The summed E-state index contributed by atoms with van der Waals surface area (Å²) in [4.78, 5) is 24.5. The van der Waals surface area contributed by atoms with Gasteiger partial charge in [0.05, 0.1) is 0 Å². The number of hydrogen-bond donors (Lipinski definition) is 1. The number of likely N-dealkylation sites (tertiary alicyclic amines) is 1. The lowest BCUT2D eigenvalue weighted by atomic mass is 9.94. The van der Waals surface area contributed by atoms with Crippen molar-refractivity contribution in [3.8, 4) is 0 Å². The number of amides is 2. The average Bonchev–Trinajstić information content (AvgIpc) is 2.82. The maximum absolute atomic E-state index is 11.7. The summed E-state index contributed by atoms with van der Waals surface area (Å²) in [5.41, 5.74) is 0. The lowest BCUT2D eigenvalue weighted by Crippen LogP contribution is -2.37. The Bertz CT molecular complexity index is 392. The smallest absolute Gasteiger partial charge is 0.233 e. The third-order valence-electron chi connectivity index (χ3n) is 3.53. The Balaban J connectivity index is 0. The third kappa shape index (κ3) is 10.2. The SMILES string of the molecule is CC(C)C1CC(=O)N(C(C)C)C1=O.CC=CCC.CCC=CNC. The molecular weight excluding hydrogens is 300 g/mol. The van der Waals surface area contributed by atoms with Gasteiger partial charge in [0.1, 0.15) is 0 Å². The Morgan fingerprint density at radius 2 is 1.67 bits per heavy atom. The minimum Gasteiger partial charge on any atom is -0.394 e. The third-order valence-corrected chi connectivity index (χ3v) is 3.53. The van der Waals surface area contributed by atoms with Crippen molar-refractivity contribution in [2.45, 2.75) is 73.8 Å². The summed E-state index contributed by atoms with van der Waals surface area (Å²) < 4.78 is 0. The number of nitrogens with one attached hydrogen (secondary N) is 1. The summed E-state index contributed by atoms with van der Waals surface area (Å²) in [6.07, 6.45) is 10.9. The molecule has 1 rings (SSSR count). The maximum atomic E-state index is 11.7. The highest BCUT2D eigenvalue weighted by molar-refractivity contribution is 6.03. The van der Waals surface area contributed by atoms with Crippen LogP contribution < -0.4 is 5.32 Å². The molecular formula is C20H38N2O2. The predicted molar refractivity (Wildman–Crippen MR) is 104 cm³/mol. The number of hydrogen-bond acceptors (Lipinski definition) is 3. The molecule has 0 spiro atoms. The van der Waals surface area contributed by atoms with E-state index in [9.17, 15) is 9.59 Å². The van der Waals surface area contributed by atoms with Crippen molar-refractivity contribution in [3.05, 3.63) is 24.4 Å². The highest BCUT2D eigenvalue weighted by atomic mass is 16.2. The van der Waals surface area contributed by atoms with E-state index in [0.717, 1.165) is 12.8 Å². The second kappa shape index (κ2) is 15.0. The molecule has 1 aliphatic rings. The van der Waals surface area contributed by atoms with Crippen molar-refractivity contribution >= 4 is 11.8 Å². The Labute approximate surface area is 149 Å². The molecule has 1 unspecified atom stereocenters. The predicted octanol–water partition coefficient (Wildman–Crippen LogP) is 4.53. The van der Waals surface area contributed by atoms with E-state index in [-0.39, 0.29) is 29.7 Å². The largest absolute Gasteiger partial charge is 0.394 e. The number of imide groups is 1. The van der Waals surface area contributed by atoms with Gasteiger partial charge in [-0.2, -0.15) is 0 Å². The Morgan fingerprint density at radius 1 is 1.12 bits per heavy atom. The van der Waals surface area contributed by atoms with Crippen LogP contribution in [0.1, 0.15) is 67.7 Å². The van der Waals surface area contributed by atoms with Crippen LogP contribution in [0.2, 0.25) is 0 Å². The van der Waals surface area contributed by atoms with Crippen LogP contribution in [0.15, 0.2) is 24.4 Å². The van der Waals surface area contributed by atoms with E-state index >= 15 is 0 Å². The maximum Gasteiger partial charge on any atom is 0.233 e. The van der Waals surface area contributed by atoms with E-state index in [4.69, 9.17) is 0 Å². The summed E-state index contributed by atoms with van der Waals surface area (Å²) in [6, 6.07) is 0.00347. The molecule has 0 radical (unpaired) electrons. The second-order valence-corrected chi connectivity index (χ2v) is 6.33. The highest BCUT2D eigenvalue weighted by Gasteiger charge is 2.40. The number of carbonyl (C=O) groups is 2. The van der Waals surface area contributed by atoms with Crippen molar-refractivity contribution in [1.82, 2.24) is 10.2 Å². The van der Waals surface area contributed by atoms with Gasteiger partial charge in [0.25, 0.3) is 0 Å². The summed E-state index contributed by atoms with van der Waals surface area (Å²) in [5, 5.41) is 2.89. The number of allylic oxidation sites excluding steroid dienone is 3. The summed E-state index contributed by atoms with van der Waals surface area (Å²) in [7, 11) is 1.90. The molecule has 1 N–H and O–H groups in total. The van der Waals surface area contributed by atoms with Gasteiger partial charge in [0, 0.05) is 25.4 Å². The number of carbonyl (C=O) groups excluding carboxylic acids is 2. The zero-order valence-corrected chi connectivity index (χ0v) is 16.9. The van der Waals surface area contributed by atoms with Crippen molar-refractivity contribution < 1.29 is 9.59 Å². The summed E-state index contributed by atoms with van der Waals surface area (Å²) >= 11 is 0. The molecule has 1 atom stereocenters. The fraction of sp³-hybridized carbons (Fsp3) is 0.700.